The molecule has 0 atom stereocenters. The van der Waals surface area contributed by atoms with Crippen LogP contribution in [0.4, 0.5) is 5.69 Å². The molecular weight excluding hydrogens is 308 g/mol. The fourth-order valence-corrected chi connectivity index (χ4v) is 2.11. The van der Waals surface area contributed by atoms with Crippen LogP contribution in [-0.4, -0.2) is 41.1 Å². The van der Waals surface area contributed by atoms with Gasteiger partial charge in [0.05, 0.1) is 13.2 Å². The summed E-state index contributed by atoms with van der Waals surface area (Å²) in [6, 6.07) is 7.47. The Labute approximate surface area is 122 Å². The normalized spacial score (nSPS) is 11.7. The number of aliphatic hydroxyl groups is 1. The van der Waals surface area contributed by atoms with Crippen molar-refractivity contribution in [3.8, 4) is 0 Å². The van der Waals surface area contributed by atoms with Gasteiger partial charge in [0.2, 0.25) is 5.91 Å². The Balaban J connectivity index is 2.63. The molecule has 1 aromatic rings. The summed E-state index contributed by atoms with van der Waals surface area (Å²) in [5, 5.41) is 11.9. The van der Waals surface area contributed by atoms with E-state index in [2.05, 4.69) is 21.2 Å². The summed E-state index contributed by atoms with van der Waals surface area (Å²) < 4.78 is 0.924. The molecule has 1 amide bonds. The number of nitrogens with one attached hydrogen (secondary N) is 1. The van der Waals surface area contributed by atoms with Gasteiger partial charge in [0, 0.05) is 22.2 Å². The smallest absolute Gasteiger partial charge is 0.238 e. The van der Waals surface area contributed by atoms with E-state index in [1.165, 1.54) is 0 Å². The van der Waals surface area contributed by atoms with E-state index in [-0.39, 0.29) is 24.6 Å². The molecule has 1 rings (SSSR count). The largest absolute Gasteiger partial charge is 0.395 e. The van der Waals surface area contributed by atoms with Gasteiger partial charge >= 0.3 is 0 Å². The molecule has 0 bridgehead atoms. The maximum atomic E-state index is 12.0. The second-order valence-corrected chi connectivity index (χ2v) is 6.29. The second-order valence-electron chi connectivity index (χ2n) is 5.37. The van der Waals surface area contributed by atoms with E-state index in [1.54, 1.807) is 0 Å². The molecule has 1 aromatic carbocycles. The lowest BCUT2D eigenvalue weighted by molar-refractivity contribution is -0.118. The molecule has 106 valence electrons. The second kappa shape index (κ2) is 7.03. The summed E-state index contributed by atoms with van der Waals surface area (Å²) in [6.07, 6.45) is 0. The highest BCUT2D eigenvalue weighted by molar-refractivity contribution is 9.10. The number of anilines is 1. The molecule has 0 aliphatic heterocycles. The first kappa shape index (κ1) is 16.1. The number of benzene rings is 1. The minimum Gasteiger partial charge on any atom is -0.395 e. The van der Waals surface area contributed by atoms with Crippen molar-refractivity contribution in [3.05, 3.63) is 28.7 Å². The van der Waals surface area contributed by atoms with Gasteiger partial charge in [0.25, 0.3) is 0 Å². The predicted octanol–water partition coefficient (Wildman–Crippen LogP) is 2.48. The van der Waals surface area contributed by atoms with Crippen molar-refractivity contribution in [1.82, 2.24) is 4.90 Å². The molecule has 0 aliphatic carbocycles. The number of halogens is 1. The van der Waals surface area contributed by atoms with Crippen molar-refractivity contribution < 1.29 is 9.90 Å². The number of aliphatic hydroxyl groups excluding tert-OH is 1. The van der Waals surface area contributed by atoms with E-state index >= 15 is 0 Å². The van der Waals surface area contributed by atoms with Gasteiger partial charge in [-0.2, -0.15) is 0 Å². The van der Waals surface area contributed by atoms with Crippen molar-refractivity contribution in [1.29, 1.82) is 0 Å². The fourth-order valence-electron chi connectivity index (χ4n) is 1.71. The Morgan fingerprint density at radius 1 is 1.42 bits per heavy atom. The highest BCUT2D eigenvalue weighted by Crippen LogP contribution is 2.16. The molecule has 0 radical (unpaired) electrons. The van der Waals surface area contributed by atoms with Crippen molar-refractivity contribution in [2.45, 2.75) is 26.3 Å². The highest BCUT2D eigenvalue weighted by atomic mass is 79.9. The standard InChI is InChI=1S/C14H21BrN2O2/c1-14(2,3)17(7-8-18)10-13(19)16-12-6-4-5-11(15)9-12/h4-6,9,18H,7-8,10H2,1-3H3,(H,16,19). The molecule has 4 nitrogen and oxygen atoms in total. The first-order valence-corrected chi connectivity index (χ1v) is 7.03. The zero-order valence-electron chi connectivity index (χ0n) is 11.6. The molecule has 0 unspecified atom stereocenters. The van der Waals surface area contributed by atoms with Gasteiger partial charge in [-0.25, -0.2) is 0 Å². The molecule has 19 heavy (non-hydrogen) atoms. The third kappa shape index (κ3) is 5.72. The van der Waals surface area contributed by atoms with Crippen LogP contribution in [0.2, 0.25) is 0 Å². The van der Waals surface area contributed by atoms with Crippen LogP contribution in [0.25, 0.3) is 0 Å². The third-order valence-electron chi connectivity index (χ3n) is 2.76. The Hall–Kier alpha value is -0.910. The number of hydrogen-bond donors (Lipinski definition) is 2. The molecule has 0 saturated heterocycles. The average molecular weight is 329 g/mol. The minimum absolute atomic E-state index is 0.0431. The number of β-amino-alcohol motifs (C(OH)–C–C–N with tert-alkyl or cyclic N) is 1. The topological polar surface area (TPSA) is 52.6 Å². The van der Waals surface area contributed by atoms with Crippen LogP contribution >= 0.6 is 15.9 Å². The Bertz CT molecular complexity index is 430. The fraction of sp³-hybridized carbons (Fsp3) is 0.500. The van der Waals surface area contributed by atoms with Gasteiger partial charge in [0.15, 0.2) is 0 Å². The first-order valence-electron chi connectivity index (χ1n) is 6.24. The van der Waals surface area contributed by atoms with E-state index in [9.17, 15) is 4.79 Å². The van der Waals surface area contributed by atoms with Gasteiger partial charge in [-0.3, -0.25) is 9.69 Å². The van der Waals surface area contributed by atoms with Crippen molar-refractivity contribution in [2.24, 2.45) is 0 Å². The number of carbonyl (C=O) groups excluding carboxylic acids is 1. The summed E-state index contributed by atoms with van der Waals surface area (Å²) in [6.45, 7) is 6.85. The quantitative estimate of drug-likeness (QED) is 0.873. The van der Waals surface area contributed by atoms with Gasteiger partial charge < -0.3 is 10.4 Å². The molecule has 2 N–H and O–H groups in total. The van der Waals surface area contributed by atoms with Crippen molar-refractivity contribution in [3.63, 3.8) is 0 Å². The Morgan fingerprint density at radius 3 is 2.63 bits per heavy atom. The van der Waals surface area contributed by atoms with E-state index in [0.29, 0.717) is 6.54 Å². The van der Waals surface area contributed by atoms with Crippen molar-refractivity contribution >= 4 is 27.5 Å². The number of carbonyl (C=O) groups is 1. The Morgan fingerprint density at radius 2 is 2.11 bits per heavy atom. The first-order chi connectivity index (χ1) is 8.82. The van der Waals surface area contributed by atoms with Crippen LogP contribution in [0.5, 0.6) is 0 Å². The Kier molecular flexibility index (Phi) is 5.97. The lowest BCUT2D eigenvalue weighted by Gasteiger charge is -2.34. The number of nitrogens with zero attached hydrogens (tertiary/aromatic N) is 1. The molecule has 0 saturated carbocycles. The SMILES string of the molecule is CC(C)(C)N(CCO)CC(=O)Nc1cccc(Br)c1. The molecule has 0 heterocycles. The lowest BCUT2D eigenvalue weighted by atomic mass is 10.1. The van der Waals surface area contributed by atoms with E-state index in [0.717, 1.165) is 10.2 Å². The molecular formula is C14H21BrN2O2. The predicted molar refractivity (Wildman–Crippen MR) is 81.2 cm³/mol. The summed E-state index contributed by atoms with van der Waals surface area (Å²) >= 11 is 3.36. The number of rotatable bonds is 5. The minimum atomic E-state index is -0.155. The summed E-state index contributed by atoms with van der Waals surface area (Å²) in [4.78, 5) is 14.0. The van der Waals surface area contributed by atoms with E-state index in [4.69, 9.17) is 5.11 Å². The highest BCUT2D eigenvalue weighted by Gasteiger charge is 2.22. The zero-order valence-corrected chi connectivity index (χ0v) is 13.2. The van der Waals surface area contributed by atoms with Crippen LogP contribution in [0.3, 0.4) is 0 Å². The van der Waals surface area contributed by atoms with Crippen molar-refractivity contribution in [2.75, 3.05) is 25.0 Å². The molecule has 5 heteroatoms. The van der Waals surface area contributed by atoms with Gasteiger partial charge in [-0.1, -0.05) is 22.0 Å². The monoisotopic (exact) mass is 328 g/mol. The lowest BCUT2D eigenvalue weighted by Crippen LogP contribution is -2.47. The molecule has 0 fully saturated rings. The molecule has 0 aromatic heterocycles. The molecule has 0 aliphatic rings. The van der Waals surface area contributed by atoms with E-state index < -0.39 is 0 Å². The van der Waals surface area contributed by atoms with Gasteiger partial charge in [-0.15, -0.1) is 0 Å². The zero-order chi connectivity index (χ0) is 14.5. The van der Waals surface area contributed by atoms with Crippen LogP contribution in [0.15, 0.2) is 28.7 Å². The maximum absolute atomic E-state index is 12.0. The van der Waals surface area contributed by atoms with Crippen LogP contribution < -0.4 is 5.32 Å². The maximum Gasteiger partial charge on any atom is 0.238 e. The van der Waals surface area contributed by atoms with Gasteiger partial charge in [0.1, 0.15) is 0 Å². The molecule has 0 spiro atoms. The summed E-state index contributed by atoms with van der Waals surface area (Å²) in [7, 11) is 0. The summed E-state index contributed by atoms with van der Waals surface area (Å²) in [5.74, 6) is -0.0820. The number of hydrogen-bond acceptors (Lipinski definition) is 3. The van der Waals surface area contributed by atoms with Crippen LogP contribution in [-0.2, 0) is 4.79 Å². The average Bonchev–Trinajstić information content (AvgIpc) is 2.27. The number of amides is 1. The third-order valence-corrected chi connectivity index (χ3v) is 3.25. The van der Waals surface area contributed by atoms with Crippen LogP contribution in [0, 0.1) is 0 Å². The van der Waals surface area contributed by atoms with Gasteiger partial charge in [-0.05, 0) is 39.0 Å². The summed E-state index contributed by atoms with van der Waals surface area (Å²) in [5.41, 5.74) is 0.606. The van der Waals surface area contributed by atoms with E-state index in [1.807, 2.05) is 49.9 Å². The van der Waals surface area contributed by atoms with Crippen LogP contribution in [0.1, 0.15) is 20.8 Å².